The van der Waals surface area contributed by atoms with E-state index < -0.39 is 0 Å². The number of nitrogens with one attached hydrogen (secondary N) is 1. The molecule has 1 heterocycles. The largest absolute Gasteiger partial charge is 0.497 e. The number of hydrogen-bond acceptors (Lipinski definition) is 4. The molecule has 0 unspecified atom stereocenters. The lowest BCUT2D eigenvalue weighted by Gasteiger charge is -2.04. The topological polar surface area (TPSA) is 34.1 Å². The molecule has 1 aromatic heterocycles. The van der Waals surface area contributed by atoms with Crippen molar-refractivity contribution in [3.63, 3.8) is 0 Å². The first-order valence-electron chi connectivity index (χ1n) is 7.79. The Balaban J connectivity index is 1.54. The smallest absolute Gasteiger partial charge is 0.126 e. The maximum absolute atomic E-state index is 13.5. The molecular formula is C19H19FN2OS. The third-order valence-electron chi connectivity index (χ3n) is 3.71. The van der Waals surface area contributed by atoms with Crippen molar-refractivity contribution in [3.8, 4) is 16.2 Å². The second kappa shape index (κ2) is 8.04. The van der Waals surface area contributed by atoms with Crippen molar-refractivity contribution in [1.29, 1.82) is 0 Å². The van der Waals surface area contributed by atoms with E-state index in [0.717, 1.165) is 33.3 Å². The fraction of sp³-hybridized carbons (Fsp3) is 0.211. The summed E-state index contributed by atoms with van der Waals surface area (Å²) in [5, 5.41) is 4.34. The number of ether oxygens (including phenoxy) is 1. The van der Waals surface area contributed by atoms with Gasteiger partial charge in [-0.05, 0) is 42.3 Å². The molecule has 0 aliphatic rings. The molecule has 0 saturated carbocycles. The van der Waals surface area contributed by atoms with Crippen LogP contribution in [-0.4, -0.2) is 18.6 Å². The molecule has 3 rings (SSSR count). The van der Waals surface area contributed by atoms with Gasteiger partial charge in [-0.15, -0.1) is 11.3 Å². The number of hydrogen-bond donors (Lipinski definition) is 1. The van der Waals surface area contributed by atoms with Crippen LogP contribution in [0.5, 0.6) is 5.75 Å². The predicted molar refractivity (Wildman–Crippen MR) is 95.9 cm³/mol. The van der Waals surface area contributed by atoms with Gasteiger partial charge in [0.1, 0.15) is 16.6 Å². The lowest BCUT2D eigenvalue weighted by Crippen LogP contribution is -2.16. The first-order valence-corrected chi connectivity index (χ1v) is 8.61. The first kappa shape index (κ1) is 16.6. The molecular weight excluding hydrogens is 323 g/mol. The minimum absolute atomic E-state index is 0.145. The van der Waals surface area contributed by atoms with Crippen molar-refractivity contribution >= 4 is 11.3 Å². The van der Waals surface area contributed by atoms with Crippen LogP contribution < -0.4 is 10.1 Å². The van der Waals surface area contributed by atoms with E-state index in [0.29, 0.717) is 13.0 Å². The van der Waals surface area contributed by atoms with Crippen molar-refractivity contribution in [2.45, 2.75) is 13.0 Å². The molecule has 1 N–H and O–H groups in total. The van der Waals surface area contributed by atoms with Crippen LogP contribution in [0.2, 0.25) is 0 Å². The first-order chi connectivity index (χ1) is 11.8. The van der Waals surface area contributed by atoms with Crippen molar-refractivity contribution in [2.24, 2.45) is 0 Å². The van der Waals surface area contributed by atoms with Gasteiger partial charge in [-0.3, -0.25) is 0 Å². The van der Waals surface area contributed by atoms with Gasteiger partial charge in [0.25, 0.3) is 0 Å². The van der Waals surface area contributed by atoms with Crippen LogP contribution in [0.25, 0.3) is 10.4 Å². The molecule has 0 radical (unpaired) electrons. The number of nitrogens with zero attached hydrogens (tertiary/aromatic N) is 1. The average Bonchev–Trinajstić information content (AvgIpc) is 3.09. The van der Waals surface area contributed by atoms with Crippen LogP contribution in [0.1, 0.15) is 10.6 Å². The zero-order valence-electron chi connectivity index (χ0n) is 13.5. The summed E-state index contributed by atoms with van der Waals surface area (Å²) in [5.41, 5.74) is 1.84. The summed E-state index contributed by atoms with van der Waals surface area (Å²) in [6, 6.07) is 14.8. The Kier molecular flexibility index (Phi) is 5.56. The second-order valence-electron chi connectivity index (χ2n) is 5.37. The summed E-state index contributed by atoms with van der Waals surface area (Å²) in [4.78, 5) is 5.56. The summed E-state index contributed by atoms with van der Waals surface area (Å²) < 4.78 is 18.8. The van der Waals surface area contributed by atoms with Crippen LogP contribution in [0.15, 0.2) is 54.7 Å². The Bertz CT molecular complexity index is 803. The van der Waals surface area contributed by atoms with Crippen LogP contribution in [0, 0.1) is 5.82 Å². The zero-order valence-corrected chi connectivity index (χ0v) is 14.3. The molecule has 0 bridgehead atoms. The van der Waals surface area contributed by atoms with Crippen LogP contribution >= 0.6 is 11.3 Å². The van der Waals surface area contributed by atoms with Gasteiger partial charge < -0.3 is 10.1 Å². The van der Waals surface area contributed by atoms with E-state index in [-0.39, 0.29) is 5.82 Å². The number of benzene rings is 2. The van der Waals surface area contributed by atoms with Gasteiger partial charge in [0.05, 0.1) is 12.0 Å². The maximum atomic E-state index is 13.5. The van der Waals surface area contributed by atoms with Gasteiger partial charge >= 0.3 is 0 Å². The molecule has 3 nitrogen and oxygen atoms in total. The molecule has 2 aromatic carbocycles. The van der Waals surface area contributed by atoms with Crippen molar-refractivity contribution in [1.82, 2.24) is 10.3 Å². The van der Waals surface area contributed by atoms with Crippen molar-refractivity contribution < 1.29 is 9.13 Å². The van der Waals surface area contributed by atoms with E-state index >= 15 is 0 Å². The van der Waals surface area contributed by atoms with Crippen molar-refractivity contribution in [2.75, 3.05) is 13.7 Å². The van der Waals surface area contributed by atoms with Gasteiger partial charge in [-0.2, -0.15) is 0 Å². The zero-order chi connectivity index (χ0) is 16.8. The second-order valence-corrected chi connectivity index (χ2v) is 6.48. The highest BCUT2D eigenvalue weighted by molar-refractivity contribution is 7.15. The van der Waals surface area contributed by atoms with Gasteiger partial charge in [-0.1, -0.05) is 30.3 Å². The Hall–Kier alpha value is -2.24. The fourth-order valence-electron chi connectivity index (χ4n) is 2.42. The van der Waals surface area contributed by atoms with E-state index in [1.165, 1.54) is 6.07 Å². The third kappa shape index (κ3) is 4.19. The Morgan fingerprint density at radius 1 is 1.17 bits per heavy atom. The van der Waals surface area contributed by atoms with E-state index in [1.807, 2.05) is 42.6 Å². The van der Waals surface area contributed by atoms with Crippen LogP contribution in [-0.2, 0) is 13.0 Å². The van der Waals surface area contributed by atoms with Gasteiger partial charge in [0.2, 0.25) is 0 Å². The molecule has 0 aliphatic carbocycles. The summed E-state index contributed by atoms with van der Waals surface area (Å²) in [5.74, 6) is 0.694. The number of thiazole rings is 1. The highest BCUT2D eigenvalue weighted by atomic mass is 32.1. The number of methoxy groups -OCH3 is 1. The average molecular weight is 342 g/mol. The molecule has 3 aromatic rings. The minimum Gasteiger partial charge on any atom is -0.497 e. The van der Waals surface area contributed by atoms with Gasteiger partial charge in [0.15, 0.2) is 0 Å². The van der Waals surface area contributed by atoms with E-state index in [4.69, 9.17) is 4.74 Å². The summed E-state index contributed by atoms with van der Waals surface area (Å²) >= 11 is 1.65. The molecule has 5 heteroatoms. The lowest BCUT2D eigenvalue weighted by molar-refractivity contribution is 0.415. The summed E-state index contributed by atoms with van der Waals surface area (Å²) in [7, 11) is 1.66. The Labute approximate surface area is 145 Å². The van der Waals surface area contributed by atoms with E-state index in [2.05, 4.69) is 10.3 Å². The fourth-order valence-corrected chi connectivity index (χ4v) is 3.31. The van der Waals surface area contributed by atoms with Gasteiger partial charge in [-0.25, -0.2) is 9.37 Å². The summed E-state index contributed by atoms with van der Waals surface area (Å²) in [6.07, 6.45) is 2.55. The molecule has 124 valence electrons. The number of aromatic nitrogens is 1. The Morgan fingerprint density at radius 2 is 2.04 bits per heavy atom. The monoisotopic (exact) mass is 342 g/mol. The summed E-state index contributed by atoms with van der Waals surface area (Å²) in [6.45, 7) is 1.40. The van der Waals surface area contributed by atoms with Gasteiger partial charge in [0, 0.05) is 12.7 Å². The molecule has 0 aliphatic heterocycles. The molecule has 0 spiro atoms. The maximum Gasteiger partial charge on any atom is 0.126 e. The molecule has 0 amide bonds. The van der Waals surface area contributed by atoms with Crippen molar-refractivity contribution in [3.05, 3.63) is 71.1 Å². The number of rotatable bonds is 7. The molecule has 0 saturated heterocycles. The van der Waals surface area contributed by atoms with E-state index in [9.17, 15) is 4.39 Å². The predicted octanol–water partition coefficient (Wildman–Crippen LogP) is 4.29. The normalized spacial score (nSPS) is 10.8. The highest BCUT2D eigenvalue weighted by Crippen LogP contribution is 2.28. The standard InChI is InChI=1S/C19H19FN2OS/c1-23-16-7-4-6-15(11-16)18-12-22-19(24-18)13-21-10-9-14-5-2-3-8-17(14)20/h2-8,11-12,21H,9-10,13H2,1H3. The highest BCUT2D eigenvalue weighted by Gasteiger charge is 2.06. The molecule has 0 atom stereocenters. The number of halogens is 1. The Morgan fingerprint density at radius 3 is 2.88 bits per heavy atom. The van der Waals surface area contributed by atoms with Crippen LogP contribution in [0.3, 0.4) is 0 Å². The third-order valence-corrected chi connectivity index (χ3v) is 4.76. The lowest BCUT2D eigenvalue weighted by atomic mass is 10.1. The van der Waals surface area contributed by atoms with Crippen LogP contribution in [0.4, 0.5) is 4.39 Å². The quantitative estimate of drug-likeness (QED) is 0.651. The van der Waals surface area contributed by atoms with E-state index in [1.54, 1.807) is 24.5 Å². The SMILES string of the molecule is COc1cccc(-c2cnc(CNCCc3ccccc3F)s2)c1. The minimum atomic E-state index is -0.145. The molecule has 24 heavy (non-hydrogen) atoms. The molecule has 0 fully saturated rings.